The third-order valence-electron chi connectivity index (χ3n) is 8.11. The number of fused-ring (bicyclic) bond motifs is 1. The van der Waals surface area contributed by atoms with Crippen LogP contribution >= 0.6 is 7.82 Å². The lowest BCUT2D eigenvalue weighted by Gasteiger charge is -2.37. The number of halogens is 1. The third-order valence-corrected chi connectivity index (χ3v) is 9.06. The Bertz CT molecular complexity index is 1650. The van der Waals surface area contributed by atoms with Gasteiger partial charge in [0.15, 0.2) is 12.4 Å². The van der Waals surface area contributed by atoms with Gasteiger partial charge in [-0.3, -0.25) is 13.6 Å². The summed E-state index contributed by atoms with van der Waals surface area (Å²) < 4.78 is 50.2. The van der Waals surface area contributed by atoms with E-state index in [9.17, 15) is 14.3 Å². The van der Waals surface area contributed by atoms with Crippen molar-refractivity contribution in [1.82, 2.24) is 9.55 Å². The number of hydrogen-bond acceptors (Lipinski definition) is 8. The Balaban J connectivity index is 1.42. The summed E-state index contributed by atoms with van der Waals surface area (Å²) in [4.78, 5) is 27.5. The second-order valence-corrected chi connectivity index (χ2v) is 11.9. The van der Waals surface area contributed by atoms with E-state index >= 15 is 4.39 Å². The van der Waals surface area contributed by atoms with Crippen LogP contribution in [0.3, 0.4) is 0 Å². The molecule has 10 nitrogen and oxygen atoms in total. The Morgan fingerprint density at radius 3 is 2.21 bits per heavy atom. The molecule has 3 heterocycles. The molecule has 0 aliphatic carbocycles. The van der Waals surface area contributed by atoms with Gasteiger partial charge in [-0.15, -0.1) is 0 Å². The van der Waals surface area contributed by atoms with Crippen molar-refractivity contribution in [2.24, 2.45) is 0 Å². The Labute approximate surface area is 247 Å². The van der Waals surface area contributed by atoms with Gasteiger partial charge in [-0.05, 0) is 41.3 Å². The number of hydrogen-bond donors (Lipinski definition) is 2. The van der Waals surface area contributed by atoms with Crippen LogP contribution in [0.25, 0.3) is 0 Å². The number of phosphoric ester groups is 1. The lowest BCUT2D eigenvalue weighted by molar-refractivity contribution is -0.146. The van der Waals surface area contributed by atoms with E-state index in [-0.39, 0.29) is 18.8 Å². The second-order valence-electron chi connectivity index (χ2n) is 10.5. The normalized spacial score (nSPS) is 26.9. The monoisotopic (exact) mass is 607 g/mol. The molecule has 2 unspecified atom stereocenters. The molecule has 0 amide bonds. The zero-order valence-electron chi connectivity index (χ0n) is 23.5. The van der Waals surface area contributed by atoms with Crippen molar-refractivity contribution in [3.8, 4) is 5.75 Å². The van der Waals surface area contributed by atoms with E-state index in [0.29, 0.717) is 5.75 Å². The van der Waals surface area contributed by atoms with Gasteiger partial charge < -0.3 is 19.7 Å². The largest absolute Gasteiger partial charge is 0.497 e. The van der Waals surface area contributed by atoms with Gasteiger partial charge in [0.2, 0.25) is 0 Å². The Hall–Kier alpha value is -3.86. The highest BCUT2D eigenvalue weighted by atomic mass is 31.2. The number of aromatic nitrogens is 2. The highest BCUT2D eigenvalue weighted by Gasteiger charge is 2.62. The van der Waals surface area contributed by atoms with Crippen molar-refractivity contribution >= 4 is 13.6 Å². The van der Waals surface area contributed by atoms with Gasteiger partial charge in [-0.25, -0.2) is 13.8 Å². The first kappa shape index (κ1) is 29.2. The van der Waals surface area contributed by atoms with Crippen LogP contribution in [0.2, 0.25) is 0 Å². The molecule has 2 fully saturated rings. The summed E-state index contributed by atoms with van der Waals surface area (Å²) >= 11 is 0. The minimum atomic E-state index is -4.45. The molecule has 43 heavy (non-hydrogen) atoms. The molecule has 2 aliphatic rings. The molecule has 0 bridgehead atoms. The van der Waals surface area contributed by atoms with Crippen molar-refractivity contribution in [3.05, 3.63) is 124 Å². The van der Waals surface area contributed by atoms with Crippen molar-refractivity contribution in [1.29, 1.82) is 0 Å². The van der Waals surface area contributed by atoms with Crippen LogP contribution in [0.15, 0.2) is 102 Å². The van der Waals surface area contributed by atoms with E-state index in [4.69, 9.17) is 18.5 Å². The van der Waals surface area contributed by atoms with Crippen molar-refractivity contribution < 1.29 is 32.4 Å². The van der Waals surface area contributed by atoms with Crippen LogP contribution in [-0.2, 0) is 23.9 Å². The molecular formula is C31H31FN3O7P. The Morgan fingerprint density at radius 2 is 1.65 bits per heavy atom. The molecule has 5 atom stereocenters. The summed E-state index contributed by atoms with van der Waals surface area (Å²) in [5.74, 6) is 0.925. The minimum absolute atomic E-state index is 0.231. The van der Waals surface area contributed by atoms with Gasteiger partial charge >= 0.3 is 13.5 Å². The number of anilines is 1. The van der Waals surface area contributed by atoms with Crippen LogP contribution in [0.4, 0.5) is 10.2 Å². The van der Waals surface area contributed by atoms with Crippen molar-refractivity contribution in [2.45, 2.75) is 43.0 Å². The zero-order valence-corrected chi connectivity index (χ0v) is 24.4. The number of alkyl halides is 1. The van der Waals surface area contributed by atoms with E-state index in [0.717, 1.165) is 21.3 Å². The zero-order chi connectivity index (χ0) is 30.2. The topological polar surface area (TPSA) is 121 Å². The summed E-state index contributed by atoms with van der Waals surface area (Å²) in [6.07, 6.45) is -3.13. The lowest BCUT2D eigenvalue weighted by atomic mass is 9.77. The Kier molecular flexibility index (Phi) is 7.70. The third kappa shape index (κ3) is 5.17. The quantitative estimate of drug-likeness (QED) is 0.206. The molecule has 2 saturated heterocycles. The first-order valence-electron chi connectivity index (χ1n) is 13.8. The number of methoxy groups -OCH3 is 1. The molecule has 224 valence electrons. The van der Waals surface area contributed by atoms with Crippen molar-refractivity contribution in [3.63, 3.8) is 0 Å². The number of phosphoric acid groups is 1. The first-order valence-corrected chi connectivity index (χ1v) is 15.3. The predicted octanol–water partition coefficient (Wildman–Crippen LogP) is 5.19. The average Bonchev–Trinajstić information content (AvgIpc) is 3.31. The van der Waals surface area contributed by atoms with Crippen LogP contribution in [-0.4, -0.2) is 46.0 Å². The fraction of sp³-hybridized carbons (Fsp3) is 0.290. The maximum atomic E-state index is 15.7. The van der Waals surface area contributed by atoms with Gasteiger partial charge in [-0.1, -0.05) is 79.7 Å². The highest BCUT2D eigenvalue weighted by molar-refractivity contribution is 7.47. The standard InChI is InChI=1S/C31H31FN3O7P/c1-3-30-20-40-43(37,38)42-27(30)26(32)28(41-30)35-19-18-25(33-29(35)36)34-31(21-10-6-4-7-11-21,22-12-8-5-9-13-22)23-14-16-24(39-2)17-15-23/h4-19,26-28H,3,20H2,1-2H3,(H,37,38)(H,33,34,36)/t26-,27?,28-,30-/m1/s1. The molecule has 0 radical (unpaired) electrons. The molecule has 0 saturated carbocycles. The Morgan fingerprint density at radius 1 is 1.05 bits per heavy atom. The molecular weight excluding hydrogens is 576 g/mol. The van der Waals surface area contributed by atoms with Gasteiger partial charge in [0.1, 0.15) is 28.8 Å². The number of benzene rings is 3. The van der Waals surface area contributed by atoms with E-state index in [1.807, 2.05) is 84.9 Å². The van der Waals surface area contributed by atoms with Crippen LogP contribution in [0.5, 0.6) is 5.75 Å². The number of nitrogens with zero attached hydrogens (tertiary/aromatic N) is 2. The molecule has 2 aliphatic heterocycles. The minimum Gasteiger partial charge on any atom is -0.497 e. The lowest BCUT2D eigenvalue weighted by Crippen LogP contribution is -2.49. The summed E-state index contributed by atoms with van der Waals surface area (Å²) in [7, 11) is -2.85. The van der Waals surface area contributed by atoms with E-state index in [1.165, 1.54) is 6.20 Å². The summed E-state index contributed by atoms with van der Waals surface area (Å²) in [5.41, 5.74) is -0.456. The molecule has 3 aromatic carbocycles. The van der Waals surface area contributed by atoms with Gasteiger partial charge in [0.05, 0.1) is 13.7 Å². The van der Waals surface area contributed by atoms with Gasteiger partial charge in [0, 0.05) is 6.20 Å². The van der Waals surface area contributed by atoms with E-state index in [1.54, 1.807) is 20.1 Å². The van der Waals surface area contributed by atoms with E-state index in [2.05, 4.69) is 10.3 Å². The molecule has 1 aromatic heterocycles. The van der Waals surface area contributed by atoms with Crippen LogP contribution in [0.1, 0.15) is 36.3 Å². The number of rotatable bonds is 8. The fourth-order valence-electron chi connectivity index (χ4n) is 5.85. The van der Waals surface area contributed by atoms with E-state index < -0.39 is 43.2 Å². The molecule has 2 N–H and O–H groups in total. The van der Waals surface area contributed by atoms with Gasteiger partial charge in [-0.2, -0.15) is 4.98 Å². The summed E-state index contributed by atoms with van der Waals surface area (Å²) in [5, 5.41) is 3.51. The first-order chi connectivity index (χ1) is 20.7. The SMILES string of the molecule is CC[C@@]12COP(=O)(O)OC1[C@@H](F)[C@H](n1ccc(NC(c3ccccc3)(c3ccccc3)c3ccc(OC)cc3)nc1=O)O2. The molecule has 12 heteroatoms. The van der Waals surface area contributed by atoms with Crippen LogP contribution < -0.4 is 15.7 Å². The number of nitrogens with one attached hydrogen (secondary N) is 1. The maximum absolute atomic E-state index is 15.7. The second kappa shape index (κ2) is 11.3. The summed E-state index contributed by atoms with van der Waals surface area (Å²) in [6.45, 7) is 1.38. The van der Waals surface area contributed by atoms with Crippen LogP contribution in [0, 0.1) is 0 Å². The maximum Gasteiger partial charge on any atom is 0.472 e. The smallest absolute Gasteiger partial charge is 0.472 e. The molecule has 0 spiro atoms. The molecule has 4 aromatic rings. The highest BCUT2D eigenvalue weighted by Crippen LogP contribution is 2.57. The number of ether oxygens (including phenoxy) is 2. The fourth-order valence-corrected chi connectivity index (χ4v) is 6.88. The molecule has 6 rings (SSSR count). The van der Waals surface area contributed by atoms with Crippen molar-refractivity contribution in [2.75, 3.05) is 19.0 Å². The average molecular weight is 608 g/mol. The van der Waals surface area contributed by atoms with Gasteiger partial charge in [0.25, 0.3) is 0 Å². The predicted molar refractivity (Wildman–Crippen MR) is 157 cm³/mol. The summed E-state index contributed by atoms with van der Waals surface area (Å²) in [6, 6.07) is 28.7.